The van der Waals surface area contributed by atoms with Crippen LogP contribution in [-0.4, -0.2) is 21.0 Å². The molecule has 6 heteroatoms. The molecular formula is C9H9N3O3. The third kappa shape index (κ3) is 1.69. The van der Waals surface area contributed by atoms with Gasteiger partial charge in [-0.3, -0.25) is 4.79 Å². The van der Waals surface area contributed by atoms with Crippen LogP contribution in [0.1, 0.15) is 6.92 Å². The van der Waals surface area contributed by atoms with Crippen LogP contribution in [0.4, 0.5) is 5.69 Å². The number of rotatable bonds is 1. The minimum absolute atomic E-state index is 0.0899. The maximum Gasteiger partial charge on any atom is 0.323 e. The molecule has 1 amide bonds. The molecule has 1 aromatic carbocycles. The zero-order chi connectivity index (χ0) is 11.0. The quantitative estimate of drug-likeness (QED) is 0.513. The van der Waals surface area contributed by atoms with Gasteiger partial charge in [0, 0.05) is 13.0 Å². The summed E-state index contributed by atoms with van der Waals surface area (Å²) < 4.78 is 0. The Morgan fingerprint density at radius 3 is 2.53 bits per heavy atom. The van der Waals surface area contributed by atoms with E-state index in [4.69, 9.17) is 0 Å². The van der Waals surface area contributed by atoms with Crippen LogP contribution in [-0.2, 0) is 4.79 Å². The number of carbonyl (C=O) groups is 1. The second-order valence-electron chi connectivity index (χ2n) is 3.18. The van der Waals surface area contributed by atoms with Gasteiger partial charge in [-0.1, -0.05) is 0 Å². The minimum Gasteiger partial charge on any atom is -0.506 e. The number of imidazole rings is 1. The lowest BCUT2D eigenvalue weighted by molar-refractivity contribution is -0.114. The van der Waals surface area contributed by atoms with Gasteiger partial charge in [0.15, 0.2) is 0 Å². The molecule has 0 spiro atoms. The fourth-order valence-corrected chi connectivity index (χ4v) is 1.36. The Bertz CT molecular complexity index is 582. The Kier molecular flexibility index (Phi) is 1.96. The average molecular weight is 207 g/mol. The Labute approximate surface area is 83.9 Å². The van der Waals surface area contributed by atoms with Crippen LogP contribution in [0.25, 0.3) is 11.0 Å². The summed E-state index contributed by atoms with van der Waals surface area (Å²) in [5.41, 5.74) is 0.933. The summed E-state index contributed by atoms with van der Waals surface area (Å²) in [4.78, 5) is 26.8. The molecule has 0 atom stereocenters. The molecule has 0 saturated carbocycles. The maximum absolute atomic E-state index is 11.0. The number of hydrogen-bond acceptors (Lipinski definition) is 3. The van der Waals surface area contributed by atoms with Gasteiger partial charge in [0.05, 0.1) is 16.7 Å². The van der Waals surface area contributed by atoms with Crippen molar-refractivity contribution in [2.45, 2.75) is 6.92 Å². The molecular weight excluding hydrogens is 198 g/mol. The molecule has 0 fully saturated rings. The SMILES string of the molecule is CC(=O)Nc1cc2[nH]c(=O)[nH]c2cc1O. The normalized spacial score (nSPS) is 10.5. The van der Waals surface area contributed by atoms with E-state index in [1.807, 2.05) is 0 Å². The smallest absolute Gasteiger partial charge is 0.323 e. The van der Waals surface area contributed by atoms with Crippen LogP contribution < -0.4 is 11.0 Å². The Balaban J connectivity index is 2.60. The first-order valence-electron chi connectivity index (χ1n) is 4.29. The summed E-state index contributed by atoms with van der Waals surface area (Å²) in [6.07, 6.45) is 0. The average Bonchev–Trinajstić information content (AvgIpc) is 2.44. The highest BCUT2D eigenvalue weighted by Gasteiger charge is 2.06. The largest absolute Gasteiger partial charge is 0.506 e. The topological polar surface area (TPSA) is 98.0 Å². The van der Waals surface area contributed by atoms with Gasteiger partial charge < -0.3 is 20.4 Å². The van der Waals surface area contributed by atoms with Crippen molar-refractivity contribution in [3.05, 3.63) is 22.6 Å². The molecule has 0 aliphatic carbocycles. The number of amides is 1. The van der Waals surface area contributed by atoms with Crippen molar-refractivity contribution in [2.75, 3.05) is 5.32 Å². The van der Waals surface area contributed by atoms with Crippen molar-refractivity contribution in [1.82, 2.24) is 9.97 Å². The number of benzene rings is 1. The molecule has 1 aromatic heterocycles. The summed E-state index contributed by atoms with van der Waals surface area (Å²) in [6, 6.07) is 2.86. The predicted octanol–water partition coefficient (Wildman–Crippen LogP) is 0.520. The van der Waals surface area contributed by atoms with Crippen molar-refractivity contribution in [1.29, 1.82) is 0 Å². The van der Waals surface area contributed by atoms with Gasteiger partial charge in [0.2, 0.25) is 5.91 Å². The fraction of sp³-hybridized carbons (Fsp3) is 0.111. The van der Waals surface area contributed by atoms with E-state index >= 15 is 0 Å². The lowest BCUT2D eigenvalue weighted by atomic mass is 10.2. The molecule has 0 saturated heterocycles. The molecule has 0 bridgehead atoms. The molecule has 2 rings (SSSR count). The van der Waals surface area contributed by atoms with Crippen molar-refractivity contribution in [3.63, 3.8) is 0 Å². The first kappa shape index (κ1) is 9.32. The maximum atomic E-state index is 11.0. The number of aromatic amines is 2. The molecule has 15 heavy (non-hydrogen) atoms. The number of carbonyl (C=O) groups excluding carboxylic acids is 1. The standard InChI is InChI=1S/C9H9N3O3/c1-4(13)10-7-2-5-6(3-8(7)14)12-9(15)11-5/h2-3,14H,1H3,(H,10,13)(H2,11,12,15). The van der Waals surface area contributed by atoms with Gasteiger partial charge in [-0.05, 0) is 6.07 Å². The van der Waals surface area contributed by atoms with Crippen LogP contribution in [0.15, 0.2) is 16.9 Å². The highest BCUT2D eigenvalue weighted by Crippen LogP contribution is 2.26. The lowest BCUT2D eigenvalue weighted by Crippen LogP contribution is -2.05. The van der Waals surface area contributed by atoms with Crippen LogP contribution in [0.5, 0.6) is 5.75 Å². The number of H-pyrrole nitrogens is 2. The van der Waals surface area contributed by atoms with Crippen molar-refractivity contribution in [3.8, 4) is 5.75 Å². The van der Waals surface area contributed by atoms with E-state index in [0.29, 0.717) is 11.0 Å². The number of aromatic nitrogens is 2. The zero-order valence-corrected chi connectivity index (χ0v) is 7.92. The summed E-state index contributed by atoms with van der Waals surface area (Å²) in [7, 11) is 0. The Morgan fingerprint density at radius 2 is 1.93 bits per heavy atom. The Hall–Kier alpha value is -2.24. The van der Waals surface area contributed by atoms with Gasteiger partial charge in [-0.2, -0.15) is 0 Å². The number of phenolic OH excluding ortho intramolecular Hbond substituents is 1. The van der Waals surface area contributed by atoms with Crippen LogP contribution in [0.3, 0.4) is 0 Å². The number of fused-ring (bicyclic) bond motifs is 1. The Morgan fingerprint density at radius 1 is 1.33 bits per heavy atom. The third-order valence-corrected chi connectivity index (χ3v) is 1.94. The molecule has 2 aromatic rings. The molecule has 6 nitrogen and oxygen atoms in total. The van der Waals surface area contributed by atoms with E-state index in [1.54, 1.807) is 0 Å². The summed E-state index contributed by atoms with van der Waals surface area (Å²) in [5.74, 6) is -0.379. The second kappa shape index (κ2) is 3.16. The lowest BCUT2D eigenvalue weighted by Gasteiger charge is -2.04. The second-order valence-corrected chi connectivity index (χ2v) is 3.18. The van der Waals surface area contributed by atoms with Crippen LogP contribution in [0, 0.1) is 0 Å². The zero-order valence-electron chi connectivity index (χ0n) is 7.92. The number of phenols is 1. The summed E-state index contributed by atoms with van der Waals surface area (Å²) >= 11 is 0. The number of anilines is 1. The van der Waals surface area contributed by atoms with Gasteiger partial charge in [0.25, 0.3) is 0 Å². The van der Waals surface area contributed by atoms with E-state index in [-0.39, 0.29) is 23.0 Å². The van der Waals surface area contributed by atoms with E-state index in [1.165, 1.54) is 19.1 Å². The van der Waals surface area contributed by atoms with Crippen molar-refractivity contribution < 1.29 is 9.90 Å². The highest BCUT2D eigenvalue weighted by atomic mass is 16.3. The van der Waals surface area contributed by atoms with Crippen LogP contribution in [0.2, 0.25) is 0 Å². The molecule has 0 unspecified atom stereocenters. The van der Waals surface area contributed by atoms with Crippen molar-refractivity contribution >= 4 is 22.6 Å². The molecule has 0 aliphatic heterocycles. The molecule has 4 N–H and O–H groups in total. The van der Waals surface area contributed by atoms with E-state index < -0.39 is 0 Å². The summed E-state index contributed by atoms with van der Waals surface area (Å²) in [6.45, 7) is 1.34. The van der Waals surface area contributed by atoms with Crippen LogP contribution >= 0.6 is 0 Å². The van der Waals surface area contributed by atoms with Gasteiger partial charge in [0.1, 0.15) is 5.75 Å². The van der Waals surface area contributed by atoms with Crippen molar-refractivity contribution in [2.24, 2.45) is 0 Å². The fourth-order valence-electron chi connectivity index (χ4n) is 1.36. The third-order valence-electron chi connectivity index (χ3n) is 1.94. The molecule has 0 aliphatic rings. The number of nitrogens with one attached hydrogen (secondary N) is 3. The van der Waals surface area contributed by atoms with E-state index in [0.717, 1.165) is 0 Å². The highest BCUT2D eigenvalue weighted by molar-refractivity contribution is 5.93. The predicted molar refractivity (Wildman–Crippen MR) is 54.9 cm³/mol. The molecule has 78 valence electrons. The van der Waals surface area contributed by atoms with Gasteiger partial charge >= 0.3 is 5.69 Å². The van der Waals surface area contributed by atoms with E-state index in [9.17, 15) is 14.7 Å². The number of aromatic hydroxyl groups is 1. The first-order chi connectivity index (χ1) is 7.06. The summed E-state index contributed by atoms with van der Waals surface area (Å²) in [5, 5.41) is 12.0. The monoisotopic (exact) mass is 207 g/mol. The molecule has 1 heterocycles. The first-order valence-corrected chi connectivity index (χ1v) is 4.29. The number of hydrogen-bond donors (Lipinski definition) is 4. The van der Waals surface area contributed by atoms with E-state index in [2.05, 4.69) is 15.3 Å². The van der Waals surface area contributed by atoms with Gasteiger partial charge in [-0.15, -0.1) is 0 Å². The van der Waals surface area contributed by atoms with Gasteiger partial charge in [-0.25, -0.2) is 4.79 Å². The molecule has 0 radical (unpaired) electrons. The minimum atomic E-state index is -0.357.